The number of hydrogen-bond donors (Lipinski definition) is 2. The Balaban J connectivity index is 1.46. The summed E-state index contributed by atoms with van der Waals surface area (Å²) in [4.78, 5) is 19.1. The van der Waals surface area contributed by atoms with Crippen LogP contribution in [-0.2, 0) is 21.2 Å². The van der Waals surface area contributed by atoms with Crippen molar-refractivity contribution in [2.75, 3.05) is 23.3 Å². The van der Waals surface area contributed by atoms with Gasteiger partial charge in [-0.15, -0.1) is 0 Å². The molecule has 8 heteroatoms. The lowest BCUT2D eigenvalue weighted by Crippen LogP contribution is -2.42. The molecule has 0 saturated heterocycles. The Morgan fingerprint density at radius 3 is 2.80 bits per heavy atom. The molecule has 2 aromatic rings. The molecular formula is C22H26N4O3S. The van der Waals surface area contributed by atoms with Crippen LogP contribution in [0.5, 0.6) is 0 Å². The van der Waals surface area contributed by atoms with E-state index in [0.29, 0.717) is 24.5 Å². The molecule has 7 nitrogen and oxygen atoms in total. The highest BCUT2D eigenvalue weighted by atomic mass is 32.2. The zero-order valence-corrected chi connectivity index (χ0v) is 17.8. The second-order valence-corrected chi connectivity index (χ2v) is 9.44. The number of para-hydroxylation sites is 1. The number of amidine groups is 1. The molecule has 0 spiro atoms. The first kappa shape index (κ1) is 20.4. The Morgan fingerprint density at radius 2 is 2.00 bits per heavy atom. The molecule has 2 aromatic carbocycles. The summed E-state index contributed by atoms with van der Waals surface area (Å²) in [5.74, 6) is 0.309. The van der Waals surface area contributed by atoms with Crippen molar-refractivity contribution < 1.29 is 13.2 Å². The first-order valence-corrected chi connectivity index (χ1v) is 11.7. The number of rotatable bonds is 5. The van der Waals surface area contributed by atoms with Gasteiger partial charge >= 0.3 is 0 Å². The Morgan fingerprint density at radius 1 is 1.17 bits per heavy atom. The van der Waals surface area contributed by atoms with Crippen LogP contribution in [0.4, 0.5) is 11.4 Å². The van der Waals surface area contributed by atoms with Crippen LogP contribution in [0.2, 0.25) is 0 Å². The molecule has 0 aromatic heterocycles. The highest BCUT2D eigenvalue weighted by Crippen LogP contribution is 2.30. The Kier molecular flexibility index (Phi) is 5.76. The van der Waals surface area contributed by atoms with Gasteiger partial charge in [0.05, 0.1) is 11.4 Å². The topological polar surface area (TPSA) is 90.9 Å². The summed E-state index contributed by atoms with van der Waals surface area (Å²) in [6.07, 6.45) is 3.48. The van der Waals surface area contributed by atoms with Crippen LogP contribution < -0.4 is 14.9 Å². The van der Waals surface area contributed by atoms with Crippen LogP contribution in [-0.4, -0.2) is 39.3 Å². The Labute approximate surface area is 177 Å². The maximum absolute atomic E-state index is 12.7. The summed E-state index contributed by atoms with van der Waals surface area (Å²) in [5.41, 5.74) is 2.79. The van der Waals surface area contributed by atoms with Crippen LogP contribution in [0.15, 0.2) is 58.4 Å². The summed E-state index contributed by atoms with van der Waals surface area (Å²) in [6, 6.07) is 14.7. The van der Waals surface area contributed by atoms with Crippen molar-refractivity contribution in [3.63, 3.8) is 0 Å². The second-order valence-electron chi connectivity index (χ2n) is 7.76. The van der Waals surface area contributed by atoms with Gasteiger partial charge in [0.2, 0.25) is 5.91 Å². The number of aliphatic imine (C=N–C) groups is 1. The quantitative estimate of drug-likeness (QED) is 0.769. The molecule has 158 valence electrons. The lowest BCUT2D eigenvalue weighted by molar-refractivity contribution is -0.115. The van der Waals surface area contributed by atoms with Gasteiger partial charge in [0.1, 0.15) is 5.84 Å². The van der Waals surface area contributed by atoms with Crippen molar-refractivity contribution in [2.24, 2.45) is 4.99 Å². The normalized spacial score (nSPS) is 18.5. The van der Waals surface area contributed by atoms with E-state index in [1.807, 2.05) is 18.2 Å². The van der Waals surface area contributed by atoms with Gasteiger partial charge in [-0.05, 0) is 56.0 Å². The number of anilines is 2. The molecule has 0 fully saturated rings. The van der Waals surface area contributed by atoms with Crippen molar-refractivity contribution in [1.82, 2.24) is 4.72 Å². The molecule has 0 bridgehead atoms. The largest absolute Gasteiger partial charge is 0.359 e. The molecule has 0 saturated carbocycles. The van der Waals surface area contributed by atoms with Crippen LogP contribution in [0.1, 0.15) is 31.7 Å². The maximum atomic E-state index is 12.7. The third-order valence-corrected chi connectivity index (χ3v) is 6.91. The van der Waals surface area contributed by atoms with Crippen LogP contribution >= 0.6 is 0 Å². The molecule has 2 aliphatic heterocycles. The fourth-order valence-electron chi connectivity index (χ4n) is 3.93. The predicted octanol–water partition coefficient (Wildman–Crippen LogP) is 2.94. The van der Waals surface area contributed by atoms with E-state index in [2.05, 4.69) is 32.9 Å². The fraction of sp³-hybridized carbons (Fsp3) is 0.364. The number of amides is 1. The molecule has 30 heavy (non-hydrogen) atoms. The van der Waals surface area contributed by atoms with Gasteiger partial charge in [0, 0.05) is 30.4 Å². The average Bonchev–Trinajstić information content (AvgIpc) is 3.23. The second kappa shape index (κ2) is 8.47. The van der Waals surface area contributed by atoms with Gasteiger partial charge in [0.25, 0.3) is 10.0 Å². The standard InChI is InChI=1S/C22H26N4O3S/c1-16-11-12-17-6-2-3-9-20(17)26(16)15-22(27)24-18-7-4-8-19(14-18)30(28,29)25-21-10-5-13-23-21/h2-4,6-9,14,16H,5,10-13,15H2,1H3,(H,23,25)(H,24,27). The molecule has 0 radical (unpaired) electrons. The first-order chi connectivity index (χ1) is 14.4. The van der Waals surface area contributed by atoms with E-state index in [0.717, 1.165) is 24.9 Å². The molecule has 2 aliphatic rings. The summed E-state index contributed by atoms with van der Waals surface area (Å²) >= 11 is 0. The van der Waals surface area contributed by atoms with Crippen LogP contribution in [0.3, 0.4) is 0 Å². The van der Waals surface area contributed by atoms with Gasteiger partial charge in [-0.3, -0.25) is 14.5 Å². The van der Waals surface area contributed by atoms with E-state index >= 15 is 0 Å². The zero-order chi connectivity index (χ0) is 21.1. The van der Waals surface area contributed by atoms with Crippen molar-refractivity contribution >= 4 is 33.1 Å². The first-order valence-electron chi connectivity index (χ1n) is 10.2. The summed E-state index contributed by atoms with van der Waals surface area (Å²) in [6.45, 7) is 2.98. The van der Waals surface area contributed by atoms with Crippen molar-refractivity contribution in [3.8, 4) is 0 Å². The fourth-order valence-corrected chi connectivity index (χ4v) is 5.07. The van der Waals surface area contributed by atoms with Crippen LogP contribution in [0, 0.1) is 0 Å². The Hall–Kier alpha value is -2.87. The van der Waals surface area contributed by atoms with E-state index in [-0.39, 0.29) is 23.4 Å². The van der Waals surface area contributed by atoms with Crippen molar-refractivity contribution in [3.05, 3.63) is 54.1 Å². The van der Waals surface area contributed by atoms with Gasteiger partial charge in [-0.2, -0.15) is 0 Å². The smallest absolute Gasteiger partial charge is 0.262 e. The van der Waals surface area contributed by atoms with E-state index in [4.69, 9.17) is 0 Å². The number of nitrogens with one attached hydrogen (secondary N) is 2. The molecule has 1 unspecified atom stereocenters. The van der Waals surface area contributed by atoms with E-state index in [9.17, 15) is 13.2 Å². The van der Waals surface area contributed by atoms with E-state index in [1.165, 1.54) is 17.7 Å². The van der Waals surface area contributed by atoms with Crippen molar-refractivity contribution in [1.29, 1.82) is 0 Å². The zero-order valence-electron chi connectivity index (χ0n) is 17.0. The average molecular weight is 427 g/mol. The monoisotopic (exact) mass is 426 g/mol. The molecule has 1 atom stereocenters. The van der Waals surface area contributed by atoms with Gasteiger partial charge < -0.3 is 10.2 Å². The Bertz CT molecular complexity index is 1080. The lowest BCUT2D eigenvalue weighted by Gasteiger charge is -2.36. The third kappa shape index (κ3) is 4.48. The van der Waals surface area contributed by atoms with Gasteiger partial charge in [0.15, 0.2) is 0 Å². The number of benzene rings is 2. The van der Waals surface area contributed by atoms with E-state index < -0.39 is 10.0 Å². The molecule has 2 heterocycles. The number of hydrogen-bond acceptors (Lipinski definition) is 5. The van der Waals surface area contributed by atoms with E-state index in [1.54, 1.807) is 12.1 Å². The molecule has 4 rings (SSSR count). The SMILES string of the molecule is CC1CCc2ccccc2N1CC(=O)Nc1cccc(S(=O)(=O)NC2=NCCC2)c1. The van der Waals surface area contributed by atoms with Crippen LogP contribution in [0.25, 0.3) is 0 Å². The molecule has 2 N–H and O–H groups in total. The minimum atomic E-state index is -3.72. The predicted molar refractivity (Wildman–Crippen MR) is 119 cm³/mol. The lowest BCUT2D eigenvalue weighted by atomic mass is 9.96. The highest BCUT2D eigenvalue weighted by Gasteiger charge is 2.25. The molecule has 0 aliphatic carbocycles. The number of aryl methyl sites for hydroxylation is 1. The highest BCUT2D eigenvalue weighted by molar-refractivity contribution is 7.90. The number of carbonyl (C=O) groups is 1. The number of carbonyl (C=O) groups excluding carboxylic acids is 1. The van der Waals surface area contributed by atoms with Crippen molar-refractivity contribution in [2.45, 2.75) is 43.5 Å². The molecule has 1 amide bonds. The maximum Gasteiger partial charge on any atom is 0.262 e. The molecular weight excluding hydrogens is 400 g/mol. The number of fused-ring (bicyclic) bond motifs is 1. The third-order valence-electron chi connectivity index (χ3n) is 5.53. The van der Waals surface area contributed by atoms with Gasteiger partial charge in [-0.25, -0.2) is 8.42 Å². The summed E-state index contributed by atoms with van der Waals surface area (Å²) in [7, 11) is -3.72. The minimum absolute atomic E-state index is 0.103. The summed E-state index contributed by atoms with van der Waals surface area (Å²) < 4.78 is 27.8. The minimum Gasteiger partial charge on any atom is -0.359 e. The summed E-state index contributed by atoms with van der Waals surface area (Å²) in [5, 5.41) is 2.84. The van der Waals surface area contributed by atoms with Gasteiger partial charge in [-0.1, -0.05) is 24.3 Å². The number of nitrogens with zero attached hydrogens (tertiary/aromatic N) is 2. The number of sulfonamides is 1.